The van der Waals surface area contributed by atoms with E-state index in [2.05, 4.69) is 0 Å². The molecule has 0 aliphatic carbocycles. The van der Waals surface area contributed by atoms with Crippen molar-refractivity contribution in [3.63, 3.8) is 0 Å². The Hall–Kier alpha value is -0.450. The molecule has 1 amide bonds. The number of rotatable bonds is 1. The smallest absolute Gasteiger partial charge is 0.341 e. The van der Waals surface area contributed by atoms with Gasteiger partial charge in [-0.1, -0.05) is 0 Å². The van der Waals surface area contributed by atoms with Gasteiger partial charge in [-0.2, -0.15) is 13.2 Å². The van der Waals surface area contributed by atoms with E-state index in [1.54, 1.807) is 0 Å². The van der Waals surface area contributed by atoms with E-state index in [0.29, 0.717) is 0 Å². The predicted molar refractivity (Wildman–Crippen MR) is 41.5 cm³/mol. The lowest BCUT2D eigenvalue weighted by Crippen LogP contribution is -2.32. The Balaban J connectivity index is 2.50. The van der Waals surface area contributed by atoms with Crippen molar-refractivity contribution in [2.24, 2.45) is 5.92 Å². The van der Waals surface area contributed by atoms with Crippen LogP contribution in [0.1, 0.15) is 6.42 Å². The fourth-order valence-electron chi connectivity index (χ4n) is 1.34. The fourth-order valence-corrected chi connectivity index (χ4v) is 1.51. The SMILES string of the molecule is O=C(CCl)N1CCC(C(F)(F)F)C1. The van der Waals surface area contributed by atoms with Gasteiger partial charge in [-0.25, -0.2) is 0 Å². The zero-order valence-corrected chi connectivity index (χ0v) is 7.53. The number of amides is 1. The first-order valence-electron chi connectivity index (χ1n) is 3.85. The minimum Gasteiger partial charge on any atom is -0.341 e. The summed E-state index contributed by atoms with van der Waals surface area (Å²) in [5, 5.41) is 0. The van der Waals surface area contributed by atoms with Gasteiger partial charge in [0.05, 0.1) is 5.92 Å². The number of alkyl halides is 4. The standard InChI is InChI=1S/C7H9ClF3NO/c8-3-6(13)12-2-1-5(4-12)7(9,10)11/h5H,1-4H2. The average Bonchev–Trinajstić information content (AvgIpc) is 2.50. The Labute approximate surface area is 78.6 Å². The van der Waals surface area contributed by atoms with Gasteiger partial charge in [-0.15, -0.1) is 11.6 Å². The summed E-state index contributed by atoms with van der Waals surface area (Å²) in [5.41, 5.74) is 0. The van der Waals surface area contributed by atoms with Crippen LogP contribution in [0, 0.1) is 5.92 Å². The van der Waals surface area contributed by atoms with Gasteiger partial charge in [0, 0.05) is 13.1 Å². The first kappa shape index (κ1) is 10.6. The molecule has 1 heterocycles. The molecule has 0 radical (unpaired) electrons. The number of carbonyl (C=O) groups excluding carboxylic acids is 1. The monoisotopic (exact) mass is 215 g/mol. The van der Waals surface area contributed by atoms with Crippen molar-refractivity contribution in [1.29, 1.82) is 0 Å². The Kier molecular flexibility index (Phi) is 3.05. The lowest BCUT2D eigenvalue weighted by atomic mass is 10.1. The molecule has 0 bridgehead atoms. The zero-order valence-electron chi connectivity index (χ0n) is 6.77. The molecular weight excluding hydrogens is 207 g/mol. The molecule has 0 aromatic carbocycles. The van der Waals surface area contributed by atoms with E-state index in [1.807, 2.05) is 0 Å². The Morgan fingerprint density at radius 2 is 2.15 bits per heavy atom. The maximum atomic E-state index is 12.1. The Morgan fingerprint density at radius 3 is 2.54 bits per heavy atom. The van der Waals surface area contributed by atoms with E-state index in [9.17, 15) is 18.0 Å². The number of halogens is 4. The molecule has 0 saturated carbocycles. The topological polar surface area (TPSA) is 20.3 Å². The van der Waals surface area contributed by atoms with Crippen LogP contribution >= 0.6 is 11.6 Å². The molecule has 0 N–H and O–H groups in total. The van der Waals surface area contributed by atoms with Gasteiger partial charge in [0.15, 0.2) is 0 Å². The summed E-state index contributed by atoms with van der Waals surface area (Å²) in [5.74, 6) is -2.04. The molecule has 1 rings (SSSR count). The van der Waals surface area contributed by atoms with E-state index in [-0.39, 0.29) is 25.4 Å². The van der Waals surface area contributed by atoms with Gasteiger partial charge < -0.3 is 4.90 Å². The quantitative estimate of drug-likeness (QED) is 0.609. The van der Waals surface area contributed by atoms with Crippen LogP contribution in [-0.4, -0.2) is 36.0 Å². The van der Waals surface area contributed by atoms with Crippen molar-refractivity contribution in [1.82, 2.24) is 4.90 Å². The molecule has 1 aliphatic heterocycles. The molecule has 0 aromatic heterocycles. The molecule has 0 spiro atoms. The molecule has 0 aromatic rings. The van der Waals surface area contributed by atoms with Gasteiger partial charge in [0.25, 0.3) is 0 Å². The van der Waals surface area contributed by atoms with E-state index in [1.165, 1.54) is 0 Å². The first-order chi connectivity index (χ1) is 5.95. The molecule has 13 heavy (non-hydrogen) atoms. The Bertz CT molecular complexity index is 206. The number of nitrogens with zero attached hydrogens (tertiary/aromatic N) is 1. The van der Waals surface area contributed by atoms with Crippen LogP contribution in [0.4, 0.5) is 13.2 Å². The molecular formula is C7H9ClF3NO. The van der Waals surface area contributed by atoms with E-state index in [4.69, 9.17) is 11.6 Å². The van der Waals surface area contributed by atoms with Crippen LogP contribution in [0.3, 0.4) is 0 Å². The van der Waals surface area contributed by atoms with Crippen molar-refractivity contribution in [3.05, 3.63) is 0 Å². The zero-order chi connectivity index (χ0) is 10.1. The van der Waals surface area contributed by atoms with Crippen molar-refractivity contribution in [3.8, 4) is 0 Å². The van der Waals surface area contributed by atoms with Crippen LogP contribution in [0.25, 0.3) is 0 Å². The molecule has 1 unspecified atom stereocenters. The lowest BCUT2D eigenvalue weighted by molar-refractivity contribution is -0.170. The van der Waals surface area contributed by atoms with Gasteiger partial charge in [0.2, 0.25) is 5.91 Å². The summed E-state index contributed by atoms with van der Waals surface area (Å²) in [6, 6.07) is 0. The second-order valence-electron chi connectivity index (χ2n) is 3.00. The number of hydrogen-bond donors (Lipinski definition) is 0. The molecule has 1 atom stereocenters. The molecule has 2 nitrogen and oxygen atoms in total. The molecule has 76 valence electrons. The molecule has 1 aliphatic rings. The highest BCUT2D eigenvalue weighted by atomic mass is 35.5. The number of hydrogen-bond acceptors (Lipinski definition) is 1. The summed E-state index contributed by atoms with van der Waals surface area (Å²) in [7, 11) is 0. The average molecular weight is 216 g/mol. The third kappa shape index (κ3) is 2.49. The van der Waals surface area contributed by atoms with Crippen LogP contribution in [-0.2, 0) is 4.79 Å². The van der Waals surface area contributed by atoms with Crippen molar-refractivity contribution in [2.45, 2.75) is 12.6 Å². The second kappa shape index (κ2) is 3.74. The van der Waals surface area contributed by atoms with Crippen molar-refractivity contribution in [2.75, 3.05) is 19.0 Å². The maximum Gasteiger partial charge on any atom is 0.393 e. The van der Waals surface area contributed by atoms with Crippen LogP contribution in [0.15, 0.2) is 0 Å². The largest absolute Gasteiger partial charge is 0.393 e. The van der Waals surface area contributed by atoms with Crippen molar-refractivity contribution < 1.29 is 18.0 Å². The number of carbonyl (C=O) groups is 1. The fraction of sp³-hybridized carbons (Fsp3) is 0.857. The third-order valence-corrected chi connectivity index (χ3v) is 2.35. The summed E-state index contributed by atoms with van der Waals surface area (Å²) < 4.78 is 36.4. The number of likely N-dealkylation sites (tertiary alicyclic amines) is 1. The molecule has 6 heteroatoms. The molecule has 1 saturated heterocycles. The molecule has 1 fully saturated rings. The summed E-state index contributed by atoms with van der Waals surface area (Å²) in [6.45, 7) is -0.0786. The van der Waals surface area contributed by atoms with Gasteiger partial charge >= 0.3 is 6.18 Å². The van der Waals surface area contributed by atoms with E-state index < -0.39 is 18.0 Å². The Morgan fingerprint density at radius 1 is 1.54 bits per heavy atom. The van der Waals surface area contributed by atoms with Gasteiger partial charge in [0.1, 0.15) is 5.88 Å². The normalized spacial score (nSPS) is 23.7. The highest BCUT2D eigenvalue weighted by molar-refractivity contribution is 6.27. The summed E-state index contributed by atoms with van der Waals surface area (Å²) in [4.78, 5) is 12.1. The first-order valence-corrected chi connectivity index (χ1v) is 4.39. The predicted octanol–water partition coefficient (Wildman–Crippen LogP) is 1.64. The van der Waals surface area contributed by atoms with Gasteiger partial charge in [-0.3, -0.25) is 4.79 Å². The third-order valence-electron chi connectivity index (χ3n) is 2.12. The lowest BCUT2D eigenvalue weighted by Gasteiger charge is -2.16. The minimum absolute atomic E-state index is 0.00781. The van der Waals surface area contributed by atoms with Crippen LogP contribution in [0.5, 0.6) is 0 Å². The summed E-state index contributed by atoms with van der Waals surface area (Å²) >= 11 is 5.22. The van der Waals surface area contributed by atoms with Crippen LogP contribution in [0.2, 0.25) is 0 Å². The highest BCUT2D eigenvalue weighted by Crippen LogP contribution is 2.33. The van der Waals surface area contributed by atoms with E-state index >= 15 is 0 Å². The van der Waals surface area contributed by atoms with Gasteiger partial charge in [-0.05, 0) is 6.42 Å². The minimum atomic E-state index is -4.19. The summed E-state index contributed by atoms with van der Waals surface area (Å²) in [6.07, 6.45) is -4.20. The van der Waals surface area contributed by atoms with E-state index in [0.717, 1.165) is 4.90 Å². The van der Waals surface area contributed by atoms with Crippen LogP contribution < -0.4 is 0 Å². The maximum absolute atomic E-state index is 12.1. The van der Waals surface area contributed by atoms with Crippen molar-refractivity contribution >= 4 is 17.5 Å². The second-order valence-corrected chi connectivity index (χ2v) is 3.27. The highest BCUT2D eigenvalue weighted by Gasteiger charge is 2.44.